The fraction of sp³-hybridized carbons (Fsp3) is 0.462. The maximum absolute atomic E-state index is 12.0. The fourth-order valence-electron chi connectivity index (χ4n) is 1.97. The number of methoxy groups -OCH3 is 1. The molecule has 0 radical (unpaired) electrons. The monoisotopic (exact) mass is 234 g/mol. The highest BCUT2D eigenvalue weighted by atomic mass is 16.5. The van der Waals surface area contributed by atoms with Gasteiger partial charge in [0.25, 0.3) is 0 Å². The Balaban J connectivity index is 2.09. The number of nitrogen functional groups attached to an aromatic ring is 1. The molecular weight excluding hydrogens is 216 g/mol. The largest absolute Gasteiger partial charge is 0.495 e. The van der Waals surface area contributed by atoms with Gasteiger partial charge < -0.3 is 15.8 Å². The van der Waals surface area contributed by atoms with Gasteiger partial charge in [0.05, 0.1) is 12.8 Å². The summed E-state index contributed by atoms with van der Waals surface area (Å²) < 4.78 is 5.07. The lowest BCUT2D eigenvalue weighted by Gasteiger charge is -2.14. The minimum absolute atomic E-state index is 0.101. The number of nitrogens with one attached hydrogen (secondary N) is 1. The van der Waals surface area contributed by atoms with Crippen LogP contribution in [0, 0.1) is 5.41 Å². The predicted octanol–water partition coefficient (Wildman–Crippen LogP) is 2.41. The van der Waals surface area contributed by atoms with Crippen molar-refractivity contribution in [2.24, 2.45) is 5.41 Å². The number of hydrogen-bond acceptors (Lipinski definition) is 3. The normalized spacial score (nSPS) is 16.4. The van der Waals surface area contributed by atoms with Crippen molar-refractivity contribution in [2.75, 3.05) is 18.2 Å². The van der Waals surface area contributed by atoms with Crippen LogP contribution < -0.4 is 15.8 Å². The fourth-order valence-corrected chi connectivity index (χ4v) is 1.97. The lowest BCUT2D eigenvalue weighted by molar-refractivity contribution is -0.121. The van der Waals surface area contributed by atoms with Crippen LogP contribution in [0.5, 0.6) is 5.75 Å². The van der Waals surface area contributed by atoms with E-state index in [1.807, 2.05) is 0 Å². The van der Waals surface area contributed by atoms with Crippen LogP contribution in [0.4, 0.5) is 11.4 Å². The Hall–Kier alpha value is -1.71. The predicted molar refractivity (Wildman–Crippen MR) is 68.0 cm³/mol. The summed E-state index contributed by atoms with van der Waals surface area (Å²) in [5.74, 6) is 0.726. The standard InChI is InChI=1S/C13H18N2O2/c1-3-13(6-7-13)12(16)15-9-4-5-11(17-2)10(14)8-9/h4-5,8H,3,6-7,14H2,1-2H3,(H,15,16). The molecule has 0 spiro atoms. The molecule has 1 aromatic carbocycles. The number of benzene rings is 1. The second kappa shape index (κ2) is 4.28. The number of amides is 1. The molecule has 1 saturated carbocycles. The van der Waals surface area contributed by atoms with E-state index in [1.165, 1.54) is 0 Å². The Kier molecular flexibility index (Phi) is 2.96. The quantitative estimate of drug-likeness (QED) is 0.786. The van der Waals surface area contributed by atoms with Gasteiger partial charge in [-0.25, -0.2) is 0 Å². The molecule has 92 valence electrons. The van der Waals surface area contributed by atoms with Gasteiger partial charge in [0.1, 0.15) is 5.75 Å². The maximum atomic E-state index is 12.0. The van der Waals surface area contributed by atoms with Crippen molar-refractivity contribution in [3.8, 4) is 5.75 Å². The molecule has 1 fully saturated rings. The molecule has 4 nitrogen and oxygen atoms in total. The van der Waals surface area contributed by atoms with E-state index in [0.717, 1.165) is 24.9 Å². The molecule has 1 amide bonds. The third-order valence-electron chi connectivity index (χ3n) is 3.50. The molecule has 1 aliphatic rings. The molecule has 1 aliphatic carbocycles. The van der Waals surface area contributed by atoms with Crippen LogP contribution in [0.2, 0.25) is 0 Å². The molecule has 3 N–H and O–H groups in total. The number of carbonyl (C=O) groups excluding carboxylic acids is 1. The van der Waals surface area contributed by atoms with E-state index in [0.29, 0.717) is 11.4 Å². The molecule has 2 rings (SSSR count). The molecule has 17 heavy (non-hydrogen) atoms. The van der Waals surface area contributed by atoms with Crippen molar-refractivity contribution in [3.05, 3.63) is 18.2 Å². The average molecular weight is 234 g/mol. The first-order chi connectivity index (χ1) is 8.11. The van der Waals surface area contributed by atoms with Crippen molar-refractivity contribution in [2.45, 2.75) is 26.2 Å². The summed E-state index contributed by atoms with van der Waals surface area (Å²) in [5.41, 5.74) is 6.92. The van der Waals surface area contributed by atoms with Gasteiger partial charge in [0.2, 0.25) is 5.91 Å². The summed E-state index contributed by atoms with van der Waals surface area (Å²) >= 11 is 0. The topological polar surface area (TPSA) is 64.3 Å². The van der Waals surface area contributed by atoms with E-state index in [9.17, 15) is 4.79 Å². The SMILES string of the molecule is CCC1(C(=O)Nc2ccc(OC)c(N)c2)CC1. The molecule has 0 unspecified atom stereocenters. The van der Waals surface area contributed by atoms with Crippen molar-refractivity contribution in [1.29, 1.82) is 0 Å². The van der Waals surface area contributed by atoms with Crippen LogP contribution in [0.1, 0.15) is 26.2 Å². The highest BCUT2D eigenvalue weighted by Crippen LogP contribution is 2.49. The maximum Gasteiger partial charge on any atom is 0.230 e. The summed E-state index contributed by atoms with van der Waals surface area (Å²) in [6.07, 6.45) is 2.87. The van der Waals surface area contributed by atoms with Gasteiger partial charge in [-0.15, -0.1) is 0 Å². The van der Waals surface area contributed by atoms with Gasteiger partial charge >= 0.3 is 0 Å². The summed E-state index contributed by atoms with van der Waals surface area (Å²) in [4.78, 5) is 12.0. The Morgan fingerprint density at radius 1 is 1.53 bits per heavy atom. The van der Waals surface area contributed by atoms with Crippen molar-refractivity contribution < 1.29 is 9.53 Å². The number of hydrogen-bond donors (Lipinski definition) is 2. The lowest BCUT2D eigenvalue weighted by Crippen LogP contribution is -2.23. The Labute approximate surface area is 101 Å². The van der Waals surface area contributed by atoms with Gasteiger partial charge in [-0.3, -0.25) is 4.79 Å². The van der Waals surface area contributed by atoms with Crippen molar-refractivity contribution in [1.82, 2.24) is 0 Å². The number of anilines is 2. The van der Waals surface area contributed by atoms with E-state index < -0.39 is 0 Å². The van der Waals surface area contributed by atoms with E-state index in [4.69, 9.17) is 10.5 Å². The van der Waals surface area contributed by atoms with Crippen LogP contribution >= 0.6 is 0 Å². The zero-order chi connectivity index (χ0) is 12.5. The van der Waals surface area contributed by atoms with Gasteiger partial charge in [-0.05, 0) is 37.5 Å². The summed E-state index contributed by atoms with van der Waals surface area (Å²) in [6.45, 7) is 2.05. The highest BCUT2D eigenvalue weighted by Gasteiger charge is 2.47. The molecule has 0 aliphatic heterocycles. The summed E-state index contributed by atoms with van der Waals surface area (Å²) in [7, 11) is 1.57. The zero-order valence-electron chi connectivity index (χ0n) is 10.2. The molecular formula is C13H18N2O2. The van der Waals surface area contributed by atoms with E-state index in [-0.39, 0.29) is 11.3 Å². The summed E-state index contributed by atoms with van der Waals surface area (Å²) in [5, 5.41) is 2.91. The van der Waals surface area contributed by atoms with Gasteiger partial charge in [-0.2, -0.15) is 0 Å². The molecule has 0 bridgehead atoms. The summed E-state index contributed by atoms with van der Waals surface area (Å²) in [6, 6.07) is 5.29. The minimum atomic E-state index is -0.130. The van der Waals surface area contributed by atoms with Gasteiger partial charge in [-0.1, -0.05) is 6.92 Å². The number of rotatable bonds is 4. The van der Waals surface area contributed by atoms with Crippen LogP contribution in [0.15, 0.2) is 18.2 Å². The van der Waals surface area contributed by atoms with Crippen molar-refractivity contribution in [3.63, 3.8) is 0 Å². The van der Waals surface area contributed by atoms with Gasteiger partial charge in [0.15, 0.2) is 0 Å². The first kappa shape index (κ1) is 11.8. The number of nitrogens with two attached hydrogens (primary N) is 1. The van der Waals surface area contributed by atoms with Crippen LogP contribution in [-0.4, -0.2) is 13.0 Å². The lowest BCUT2D eigenvalue weighted by atomic mass is 10.0. The highest BCUT2D eigenvalue weighted by molar-refractivity contribution is 5.97. The third kappa shape index (κ3) is 2.20. The number of ether oxygens (including phenoxy) is 1. The Morgan fingerprint density at radius 3 is 2.71 bits per heavy atom. The van der Waals surface area contributed by atoms with E-state index in [1.54, 1.807) is 25.3 Å². The second-order valence-electron chi connectivity index (χ2n) is 4.54. The van der Waals surface area contributed by atoms with E-state index in [2.05, 4.69) is 12.2 Å². The van der Waals surface area contributed by atoms with E-state index >= 15 is 0 Å². The molecule has 4 heteroatoms. The van der Waals surface area contributed by atoms with Gasteiger partial charge in [0, 0.05) is 11.1 Å². The molecule has 1 aromatic rings. The molecule has 0 aromatic heterocycles. The molecule has 0 heterocycles. The van der Waals surface area contributed by atoms with Crippen LogP contribution in [0.3, 0.4) is 0 Å². The number of carbonyl (C=O) groups is 1. The molecule has 0 saturated heterocycles. The Morgan fingerprint density at radius 2 is 2.24 bits per heavy atom. The average Bonchev–Trinajstić information content (AvgIpc) is 3.10. The van der Waals surface area contributed by atoms with Crippen LogP contribution in [0.25, 0.3) is 0 Å². The first-order valence-corrected chi connectivity index (χ1v) is 5.86. The smallest absolute Gasteiger partial charge is 0.230 e. The molecule has 0 atom stereocenters. The second-order valence-corrected chi connectivity index (χ2v) is 4.54. The third-order valence-corrected chi connectivity index (χ3v) is 3.50. The van der Waals surface area contributed by atoms with Crippen molar-refractivity contribution >= 4 is 17.3 Å². The Bertz CT molecular complexity index is 439. The first-order valence-electron chi connectivity index (χ1n) is 5.86. The minimum Gasteiger partial charge on any atom is -0.495 e. The zero-order valence-corrected chi connectivity index (χ0v) is 10.2. The van der Waals surface area contributed by atoms with Crippen LogP contribution in [-0.2, 0) is 4.79 Å².